The molecule has 0 saturated heterocycles. The Morgan fingerprint density at radius 2 is 1.78 bits per heavy atom. The molecule has 2 nitrogen and oxygen atoms in total. The highest BCUT2D eigenvalue weighted by molar-refractivity contribution is 6.42. The molecule has 1 aliphatic rings. The van der Waals surface area contributed by atoms with E-state index in [1.807, 2.05) is 30.3 Å². The van der Waals surface area contributed by atoms with Crippen molar-refractivity contribution in [1.82, 2.24) is 0 Å². The van der Waals surface area contributed by atoms with Crippen LogP contribution in [-0.4, -0.2) is 17.0 Å². The Morgan fingerprint density at radius 1 is 1.09 bits per heavy atom. The van der Waals surface area contributed by atoms with Gasteiger partial charge >= 0.3 is 0 Å². The zero-order valence-electron chi connectivity index (χ0n) is 12.9. The van der Waals surface area contributed by atoms with Gasteiger partial charge in [-0.05, 0) is 47.2 Å². The van der Waals surface area contributed by atoms with Crippen LogP contribution in [0.5, 0.6) is 0 Å². The monoisotopic (exact) mass is 348 g/mol. The quantitative estimate of drug-likeness (QED) is 0.844. The molecule has 23 heavy (non-hydrogen) atoms. The van der Waals surface area contributed by atoms with Gasteiger partial charge in [-0.2, -0.15) is 0 Å². The van der Waals surface area contributed by atoms with Crippen LogP contribution in [0.4, 0.5) is 0 Å². The van der Waals surface area contributed by atoms with Crippen LogP contribution in [0, 0.1) is 0 Å². The second kappa shape index (κ2) is 6.64. The van der Waals surface area contributed by atoms with Crippen LogP contribution in [0.3, 0.4) is 0 Å². The molecule has 1 aliphatic carbocycles. The van der Waals surface area contributed by atoms with E-state index >= 15 is 0 Å². The maximum Gasteiger partial charge on any atom is 0.143 e. The van der Waals surface area contributed by atoms with Crippen molar-refractivity contribution < 1.29 is 9.90 Å². The lowest BCUT2D eigenvalue weighted by atomic mass is 9.87. The molecule has 2 atom stereocenters. The molecule has 0 aromatic heterocycles. The second-order valence-corrected chi connectivity index (χ2v) is 6.76. The molecule has 2 aromatic rings. The minimum Gasteiger partial charge on any atom is -0.392 e. The van der Waals surface area contributed by atoms with Gasteiger partial charge in [-0.25, -0.2) is 0 Å². The first-order valence-corrected chi connectivity index (χ1v) is 8.56. The fraction of sp³-hybridized carbons (Fsp3) is 0.316. The lowest BCUT2D eigenvalue weighted by Gasteiger charge is -2.19. The van der Waals surface area contributed by atoms with E-state index < -0.39 is 12.0 Å². The highest BCUT2D eigenvalue weighted by Crippen LogP contribution is 2.37. The Labute approximate surface area is 146 Å². The molecule has 0 heterocycles. The Kier molecular flexibility index (Phi) is 4.77. The summed E-state index contributed by atoms with van der Waals surface area (Å²) < 4.78 is 0. The van der Waals surface area contributed by atoms with E-state index in [4.69, 9.17) is 23.2 Å². The smallest absolute Gasteiger partial charge is 0.143 e. The topological polar surface area (TPSA) is 37.3 Å². The van der Waals surface area contributed by atoms with Gasteiger partial charge in [0.2, 0.25) is 0 Å². The number of ketones is 1. The van der Waals surface area contributed by atoms with Gasteiger partial charge < -0.3 is 5.11 Å². The molecular weight excluding hydrogens is 331 g/mol. The van der Waals surface area contributed by atoms with Gasteiger partial charge in [-0.3, -0.25) is 4.79 Å². The maximum atomic E-state index is 12.2. The number of benzene rings is 2. The van der Waals surface area contributed by atoms with Crippen molar-refractivity contribution in [2.75, 3.05) is 0 Å². The van der Waals surface area contributed by atoms with Crippen LogP contribution < -0.4 is 0 Å². The molecule has 2 unspecified atom stereocenters. The van der Waals surface area contributed by atoms with Crippen LogP contribution in [0.15, 0.2) is 36.4 Å². The summed E-state index contributed by atoms with van der Waals surface area (Å²) in [4.78, 5) is 12.2. The first kappa shape index (κ1) is 16.5. The average molecular weight is 349 g/mol. The zero-order valence-corrected chi connectivity index (χ0v) is 14.4. The summed E-state index contributed by atoms with van der Waals surface area (Å²) >= 11 is 12.1. The number of hydrogen-bond acceptors (Lipinski definition) is 2. The second-order valence-electron chi connectivity index (χ2n) is 5.95. The lowest BCUT2D eigenvalue weighted by Crippen LogP contribution is -2.18. The van der Waals surface area contributed by atoms with Crippen LogP contribution in [0.1, 0.15) is 36.8 Å². The Hall–Kier alpha value is -1.35. The van der Waals surface area contributed by atoms with Crippen molar-refractivity contribution in [3.8, 4) is 11.1 Å². The standard InChI is InChI=1S/C19H18Cl2O2/c1-2-11-3-4-12(13-5-6-15(20)16(21)10-13)9-14(11)19-17(22)7-8-18(19)23/h3-6,9-10,17,19,22H,2,7-8H2,1H3. The van der Waals surface area contributed by atoms with E-state index in [2.05, 4.69) is 6.92 Å². The molecule has 4 heteroatoms. The van der Waals surface area contributed by atoms with Gasteiger partial charge in [-0.15, -0.1) is 0 Å². The molecule has 1 N–H and O–H groups in total. The highest BCUT2D eigenvalue weighted by atomic mass is 35.5. The molecule has 0 bridgehead atoms. The Balaban J connectivity index is 2.08. The third-order valence-corrected chi connectivity index (χ3v) is 5.27. The third-order valence-electron chi connectivity index (χ3n) is 4.53. The van der Waals surface area contributed by atoms with Gasteiger partial charge in [0.05, 0.1) is 22.1 Å². The number of aryl methyl sites for hydroxylation is 1. The van der Waals surface area contributed by atoms with Gasteiger partial charge in [0.15, 0.2) is 0 Å². The third kappa shape index (κ3) is 3.16. The molecule has 0 aliphatic heterocycles. The van der Waals surface area contributed by atoms with Gasteiger partial charge in [0, 0.05) is 6.42 Å². The van der Waals surface area contributed by atoms with Crippen LogP contribution in [-0.2, 0) is 11.2 Å². The fourth-order valence-electron chi connectivity index (χ4n) is 3.27. The minimum absolute atomic E-state index is 0.124. The van der Waals surface area contributed by atoms with E-state index in [0.717, 1.165) is 28.7 Å². The van der Waals surface area contributed by atoms with Crippen molar-refractivity contribution in [1.29, 1.82) is 0 Å². The van der Waals surface area contributed by atoms with Crippen molar-refractivity contribution >= 4 is 29.0 Å². The van der Waals surface area contributed by atoms with Gasteiger partial charge in [-0.1, -0.05) is 54.4 Å². The zero-order chi connectivity index (χ0) is 16.6. The van der Waals surface area contributed by atoms with Crippen molar-refractivity contribution in [3.63, 3.8) is 0 Å². The minimum atomic E-state index is -0.586. The number of carbonyl (C=O) groups is 1. The van der Waals surface area contributed by atoms with Gasteiger partial charge in [0.25, 0.3) is 0 Å². The predicted octanol–water partition coefficient (Wildman–Crippen LogP) is 5.03. The highest BCUT2D eigenvalue weighted by Gasteiger charge is 2.35. The van der Waals surface area contributed by atoms with E-state index in [9.17, 15) is 9.90 Å². The summed E-state index contributed by atoms with van der Waals surface area (Å²) in [6, 6.07) is 11.6. The number of hydrogen-bond donors (Lipinski definition) is 1. The summed E-state index contributed by atoms with van der Waals surface area (Å²) in [6.07, 6.45) is 1.24. The number of Topliss-reactive ketones (excluding diaryl/α,β-unsaturated/α-hetero) is 1. The van der Waals surface area contributed by atoms with Crippen LogP contribution in [0.25, 0.3) is 11.1 Å². The number of carbonyl (C=O) groups excluding carboxylic acids is 1. The molecular formula is C19H18Cl2O2. The number of rotatable bonds is 3. The molecule has 1 saturated carbocycles. The molecule has 0 amide bonds. The van der Waals surface area contributed by atoms with Crippen molar-refractivity contribution in [3.05, 3.63) is 57.6 Å². The Morgan fingerprint density at radius 3 is 2.39 bits per heavy atom. The predicted molar refractivity (Wildman–Crippen MR) is 94.3 cm³/mol. The number of aliphatic hydroxyl groups is 1. The molecule has 120 valence electrons. The fourth-order valence-corrected chi connectivity index (χ4v) is 3.57. The molecule has 0 radical (unpaired) electrons. The summed E-state index contributed by atoms with van der Waals surface area (Å²) in [5.41, 5.74) is 3.96. The van der Waals surface area contributed by atoms with Crippen LogP contribution in [0.2, 0.25) is 10.0 Å². The van der Waals surface area contributed by atoms with E-state index in [1.54, 1.807) is 6.07 Å². The average Bonchev–Trinajstić information content (AvgIpc) is 2.88. The molecule has 3 rings (SSSR count). The largest absolute Gasteiger partial charge is 0.392 e. The molecule has 1 fully saturated rings. The van der Waals surface area contributed by atoms with E-state index in [1.165, 1.54) is 0 Å². The molecule has 0 spiro atoms. The summed E-state index contributed by atoms with van der Waals surface area (Å²) in [5, 5.41) is 11.2. The summed E-state index contributed by atoms with van der Waals surface area (Å²) in [6.45, 7) is 2.06. The van der Waals surface area contributed by atoms with Crippen molar-refractivity contribution in [2.24, 2.45) is 0 Å². The van der Waals surface area contributed by atoms with E-state index in [0.29, 0.717) is 22.9 Å². The number of aliphatic hydroxyl groups excluding tert-OH is 1. The molecule has 2 aromatic carbocycles. The van der Waals surface area contributed by atoms with Crippen LogP contribution >= 0.6 is 23.2 Å². The maximum absolute atomic E-state index is 12.2. The summed E-state index contributed by atoms with van der Waals surface area (Å²) in [5.74, 6) is -0.286. The van der Waals surface area contributed by atoms with E-state index in [-0.39, 0.29) is 5.78 Å². The first-order valence-electron chi connectivity index (χ1n) is 7.80. The first-order chi connectivity index (χ1) is 11.0. The lowest BCUT2D eigenvalue weighted by molar-refractivity contribution is -0.119. The SMILES string of the molecule is CCc1ccc(-c2ccc(Cl)c(Cl)c2)cc1C1C(=O)CCC1O. The Bertz CT molecular complexity index is 755. The normalized spacial score (nSPS) is 21.0. The number of halogens is 2. The van der Waals surface area contributed by atoms with Gasteiger partial charge in [0.1, 0.15) is 5.78 Å². The summed E-state index contributed by atoms with van der Waals surface area (Å²) in [7, 11) is 0. The van der Waals surface area contributed by atoms with Crippen molar-refractivity contribution in [2.45, 2.75) is 38.2 Å².